The number of para-hydroxylation sites is 1. The molecule has 6 nitrogen and oxygen atoms in total. The van der Waals surface area contributed by atoms with E-state index in [0.29, 0.717) is 17.0 Å². The van der Waals surface area contributed by atoms with Crippen molar-refractivity contribution in [1.82, 2.24) is 14.4 Å². The van der Waals surface area contributed by atoms with Gasteiger partial charge in [-0.25, -0.2) is 9.97 Å². The molecule has 0 saturated carbocycles. The van der Waals surface area contributed by atoms with E-state index in [1.54, 1.807) is 30.1 Å². The molecule has 4 aromatic rings. The van der Waals surface area contributed by atoms with Crippen LogP contribution in [0.15, 0.2) is 72.1 Å². The fourth-order valence-corrected chi connectivity index (χ4v) is 3.34. The fraction of sp³-hybridized carbons (Fsp3) is 0.136. The highest BCUT2D eigenvalue weighted by molar-refractivity contribution is 7.98. The number of carbonyl (C=O) groups is 1. The van der Waals surface area contributed by atoms with E-state index in [-0.39, 0.29) is 12.5 Å². The van der Waals surface area contributed by atoms with Gasteiger partial charge in [-0.2, -0.15) is 0 Å². The van der Waals surface area contributed by atoms with Gasteiger partial charge in [0.05, 0.1) is 28.2 Å². The molecule has 0 aliphatic rings. The highest BCUT2D eigenvalue weighted by Crippen LogP contribution is 2.22. The zero-order valence-corrected chi connectivity index (χ0v) is 16.9. The van der Waals surface area contributed by atoms with E-state index in [4.69, 9.17) is 4.74 Å². The Hall–Kier alpha value is -3.32. The minimum Gasteiger partial charge on any atom is -0.486 e. The lowest BCUT2D eigenvalue weighted by molar-refractivity contribution is 0.102. The lowest BCUT2D eigenvalue weighted by Gasteiger charge is -2.11. The number of hydrogen-bond donors (Lipinski definition) is 1. The number of rotatable bonds is 6. The summed E-state index contributed by atoms with van der Waals surface area (Å²) < 4.78 is 7.90. The predicted octanol–water partition coefficient (Wildman–Crippen LogP) is 4.59. The summed E-state index contributed by atoms with van der Waals surface area (Å²) in [4.78, 5) is 21.6. The van der Waals surface area contributed by atoms with E-state index in [1.807, 2.05) is 66.4 Å². The Morgan fingerprint density at radius 3 is 2.79 bits per heavy atom. The first-order valence-corrected chi connectivity index (χ1v) is 10.3. The first-order valence-electron chi connectivity index (χ1n) is 9.10. The Morgan fingerprint density at radius 1 is 1.17 bits per heavy atom. The van der Waals surface area contributed by atoms with Gasteiger partial charge in [-0.3, -0.25) is 4.79 Å². The SMILES string of the molecule is CSc1ccc(NC(=O)c2ccccc2OCc2cn3cccc(C)c3n2)cn1. The molecule has 0 aliphatic carbocycles. The molecular formula is C22H20N4O2S. The number of hydrogen-bond acceptors (Lipinski definition) is 5. The predicted molar refractivity (Wildman–Crippen MR) is 115 cm³/mol. The number of aromatic nitrogens is 3. The van der Waals surface area contributed by atoms with Gasteiger partial charge >= 0.3 is 0 Å². The Kier molecular flexibility index (Phi) is 5.48. The summed E-state index contributed by atoms with van der Waals surface area (Å²) in [6, 6.07) is 14.9. The maximum atomic E-state index is 12.7. The van der Waals surface area contributed by atoms with E-state index in [1.165, 1.54) is 0 Å². The van der Waals surface area contributed by atoms with Crippen LogP contribution in [0.3, 0.4) is 0 Å². The van der Waals surface area contributed by atoms with Crippen LogP contribution < -0.4 is 10.1 Å². The number of ether oxygens (including phenoxy) is 1. The summed E-state index contributed by atoms with van der Waals surface area (Å²) in [5.74, 6) is 0.262. The lowest BCUT2D eigenvalue weighted by Crippen LogP contribution is -2.14. The zero-order chi connectivity index (χ0) is 20.2. The maximum absolute atomic E-state index is 12.7. The molecular weight excluding hydrogens is 384 g/mol. The highest BCUT2D eigenvalue weighted by atomic mass is 32.2. The number of carbonyl (C=O) groups excluding carboxylic acids is 1. The van der Waals surface area contributed by atoms with Crippen LogP contribution in [-0.2, 0) is 6.61 Å². The molecule has 1 aromatic carbocycles. The third-order valence-corrected chi connectivity index (χ3v) is 5.10. The highest BCUT2D eigenvalue weighted by Gasteiger charge is 2.13. The largest absolute Gasteiger partial charge is 0.486 e. The van der Waals surface area contributed by atoms with Crippen molar-refractivity contribution in [3.8, 4) is 5.75 Å². The number of imidazole rings is 1. The molecule has 29 heavy (non-hydrogen) atoms. The van der Waals surface area contributed by atoms with E-state index < -0.39 is 0 Å². The second-order valence-electron chi connectivity index (χ2n) is 6.48. The van der Waals surface area contributed by atoms with Gasteiger partial charge in [-0.05, 0) is 49.1 Å². The fourth-order valence-electron chi connectivity index (χ4n) is 2.98. The normalized spacial score (nSPS) is 10.8. The van der Waals surface area contributed by atoms with Crippen molar-refractivity contribution in [2.75, 3.05) is 11.6 Å². The van der Waals surface area contributed by atoms with Gasteiger partial charge in [0.25, 0.3) is 5.91 Å². The smallest absolute Gasteiger partial charge is 0.259 e. The van der Waals surface area contributed by atoms with Crippen LogP contribution in [0.2, 0.25) is 0 Å². The summed E-state index contributed by atoms with van der Waals surface area (Å²) in [5, 5.41) is 3.76. The molecule has 4 rings (SSSR count). The van der Waals surface area contributed by atoms with E-state index in [0.717, 1.165) is 21.9 Å². The maximum Gasteiger partial charge on any atom is 0.259 e. The second-order valence-corrected chi connectivity index (χ2v) is 7.31. The number of benzene rings is 1. The summed E-state index contributed by atoms with van der Waals surface area (Å²) in [7, 11) is 0. The number of nitrogens with zero attached hydrogens (tertiary/aromatic N) is 3. The number of pyridine rings is 2. The van der Waals surface area contributed by atoms with Crippen molar-refractivity contribution >= 4 is 29.0 Å². The average Bonchev–Trinajstić information content (AvgIpc) is 3.17. The molecule has 0 fully saturated rings. The first kappa shape index (κ1) is 19.0. The number of thioether (sulfide) groups is 1. The molecule has 0 spiro atoms. The molecule has 0 saturated heterocycles. The van der Waals surface area contributed by atoms with Gasteiger partial charge in [-0.1, -0.05) is 18.2 Å². The summed E-state index contributed by atoms with van der Waals surface area (Å²) >= 11 is 1.55. The van der Waals surface area contributed by atoms with Gasteiger partial charge in [-0.15, -0.1) is 11.8 Å². The van der Waals surface area contributed by atoms with Crippen molar-refractivity contribution in [3.05, 3.63) is 83.9 Å². The first-order chi connectivity index (χ1) is 14.1. The zero-order valence-electron chi connectivity index (χ0n) is 16.1. The second kappa shape index (κ2) is 8.36. The van der Waals surface area contributed by atoms with Gasteiger partial charge in [0, 0.05) is 12.4 Å². The standard InChI is InChI=1S/C22H20N4O2S/c1-15-6-5-11-26-13-17(24-21(15)26)14-28-19-8-4-3-7-18(19)22(27)25-16-9-10-20(29-2)23-12-16/h3-13H,14H2,1-2H3,(H,25,27). The van der Waals surface area contributed by atoms with Crippen molar-refractivity contribution in [2.24, 2.45) is 0 Å². The summed E-state index contributed by atoms with van der Waals surface area (Å²) in [6.45, 7) is 2.29. The lowest BCUT2D eigenvalue weighted by atomic mass is 10.2. The van der Waals surface area contributed by atoms with Crippen LogP contribution in [0.4, 0.5) is 5.69 Å². The molecule has 0 bridgehead atoms. The topological polar surface area (TPSA) is 68.5 Å². The molecule has 3 heterocycles. The monoisotopic (exact) mass is 404 g/mol. The van der Waals surface area contributed by atoms with Gasteiger partial charge in [0.15, 0.2) is 0 Å². The van der Waals surface area contributed by atoms with Crippen LogP contribution in [0.5, 0.6) is 5.75 Å². The van der Waals surface area contributed by atoms with Gasteiger partial charge in [0.1, 0.15) is 18.0 Å². The molecule has 1 N–H and O–H groups in total. The molecule has 7 heteroatoms. The number of anilines is 1. The van der Waals surface area contributed by atoms with Crippen LogP contribution in [0.1, 0.15) is 21.6 Å². The van der Waals surface area contributed by atoms with Gasteiger partial charge < -0.3 is 14.5 Å². The molecule has 146 valence electrons. The Balaban J connectivity index is 1.49. The summed E-state index contributed by atoms with van der Waals surface area (Å²) in [5.41, 5.74) is 3.89. The molecule has 0 unspecified atom stereocenters. The third kappa shape index (κ3) is 4.25. The Bertz CT molecular complexity index is 1160. The molecule has 0 atom stereocenters. The Morgan fingerprint density at radius 2 is 2.03 bits per heavy atom. The molecule has 0 aliphatic heterocycles. The minimum absolute atomic E-state index is 0.245. The average molecular weight is 404 g/mol. The number of aryl methyl sites for hydroxylation is 1. The third-order valence-electron chi connectivity index (χ3n) is 4.44. The molecule has 0 radical (unpaired) electrons. The molecule has 1 amide bonds. The van der Waals surface area contributed by atoms with Crippen molar-refractivity contribution in [2.45, 2.75) is 18.6 Å². The van der Waals surface area contributed by atoms with Gasteiger partial charge in [0.2, 0.25) is 0 Å². The number of nitrogens with one attached hydrogen (secondary N) is 1. The summed E-state index contributed by atoms with van der Waals surface area (Å²) in [6.07, 6.45) is 7.49. The molecule has 3 aromatic heterocycles. The van der Waals surface area contributed by atoms with Crippen LogP contribution >= 0.6 is 11.8 Å². The van der Waals surface area contributed by atoms with Crippen LogP contribution in [0.25, 0.3) is 5.65 Å². The van der Waals surface area contributed by atoms with Crippen molar-refractivity contribution in [1.29, 1.82) is 0 Å². The van der Waals surface area contributed by atoms with Crippen molar-refractivity contribution in [3.63, 3.8) is 0 Å². The van der Waals surface area contributed by atoms with E-state index >= 15 is 0 Å². The quantitative estimate of drug-likeness (QED) is 0.476. The number of fused-ring (bicyclic) bond motifs is 1. The van der Waals surface area contributed by atoms with E-state index in [2.05, 4.69) is 15.3 Å². The number of amides is 1. The van der Waals surface area contributed by atoms with Crippen LogP contribution in [-0.4, -0.2) is 26.5 Å². The van der Waals surface area contributed by atoms with Crippen molar-refractivity contribution < 1.29 is 9.53 Å². The minimum atomic E-state index is -0.245. The van der Waals surface area contributed by atoms with E-state index in [9.17, 15) is 4.79 Å². The van der Waals surface area contributed by atoms with Crippen LogP contribution in [0, 0.1) is 6.92 Å². The Labute approximate surface area is 173 Å².